The van der Waals surface area contributed by atoms with Gasteiger partial charge in [0, 0.05) is 0 Å². The van der Waals surface area contributed by atoms with Crippen molar-refractivity contribution >= 4 is 22.7 Å². The maximum Gasteiger partial charge on any atom is 0.228 e. The van der Waals surface area contributed by atoms with Gasteiger partial charge in [-0.25, -0.2) is 4.98 Å². The number of aromatic nitrogens is 1. The molecule has 2 aromatic heterocycles. The Balaban J connectivity index is 2.25. The molecule has 0 bridgehead atoms. The molecule has 0 atom stereocenters. The van der Waals surface area contributed by atoms with Crippen LogP contribution in [0, 0.1) is 26.7 Å². The molecule has 0 spiro atoms. The summed E-state index contributed by atoms with van der Waals surface area (Å²) in [6.45, 7) is 10.9. The molecule has 0 aliphatic heterocycles. The molecule has 3 aromatic rings. The first-order chi connectivity index (χ1) is 10.9. The highest BCUT2D eigenvalue weighted by Crippen LogP contribution is 2.37. The van der Waals surface area contributed by atoms with E-state index >= 15 is 0 Å². The van der Waals surface area contributed by atoms with Gasteiger partial charge in [0.1, 0.15) is 5.15 Å². The molecule has 0 saturated carbocycles. The Morgan fingerprint density at radius 1 is 1.04 bits per heavy atom. The van der Waals surface area contributed by atoms with Crippen LogP contribution >= 0.6 is 11.6 Å². The van der Waals surface area contributed by atoms with Gasteiger partial charge in [-0.1, -0.05) is 37.6 Å². The second kappa shape index (κ2) is 6.01. The quantitative estimate of drug-likeness (QED) is 0.530. The van der Waals surface area contributed by atoms with Crippen molar-refractivity contribution < 1.29 is 4.42 Å². The number of rotatable bonds is 3. The number of hydrogen-bond donors (Lipinski definition) is 0. The van der Waals surface area contributed by atoms with E-state index in [4.69, 9.17) is 16.0 Å². The van der Waals surface area contributed by atoms with Crippen LogP contribution in [-0.4, -0.2) is 4.98 Å². The van der Waals surface area contributed by atoms with Gasteiger partial charge >= 0.3 is 0 Å². The fourth-order valence-corrected chi connectivity index (χ4v) is 3.61. The van der Waals surface area contributed by atoms with Crippen LogP contribution in [-0.2, 0) is 6.42 Å². The molecule has 0 aliphatic rings. The molecule has 0 fully saturated rings. The number of pyridine rings is 1. The van der Waals surface area contributed by atoms with Crippen molar-refractivity contribution in [2.24, 2.45) is 5.92 Å². The minimum absolute atomic E-state index is 0.465. The predicted molar refractivity (Wildman–Crippen MR) is 97.2 cm³/mol. The highest BCUT2D eigenvalue weighted by molar-refractivity contribution is 6.30. The van der Waals surface area contributed by atoms with E-state index in [9.17, 15) is 0 Å². The SMILES string of the molecule is Cc1cc(CC(C)C)cc(C)c1-c1cc(Cl)nc2occ(C)c12. The van der Waals surface area contributed by atoms with E-state index in [0.29, 0.717) is 16.8 Å². The van der Waals surface area contributed by atoms with Crippen LogP contribution in [0.25, 0.3) is 22.2 Å². The molecular weight excluding hydrogens is 306 g/mol. The first-order valence-corrected chi connectivity index (χ1v) is 8.39. The maximum absolute atomic E-state index is 6.22. The van der Waals surface area contributed by atoms with Gasteiger partial charge in [0.2, 0.25) is 5.71 Å². The van der Waals surface area contributed by atoms with Crippen molar-refractivity contribution in [2.45, 2.75) is 41.0 Å². The van der Waals surface area contributed by atoms with Gasteiger partial charge in [0.05, 0.1) is 11.6 Å². The lowest BCUT2D eigenvalue weighted by Gasteiger charge is -2.15. The van der Waals surface area contributed by atoms with Gasteiger partial charge in [-0.3, -0.25) is 0 Å². The topological polar surface area (TPSA) is 26.0 Å². The van der Waals surface area contributed by atoms with E-state index in [1.807, 2.05) is 13.0 Å². The standard InChI is InChI=1S/C20H22ClNO/c1-11(2)6-15-7-12(3)18(13(4)8-15)16-9-17(21)22-20-19(16)14(5)10-23-20/h7-11H,6H2,1-5H3. The molecule has 1 aromatic carbocycles. The van der Waals surface area contributed by atoms with Crippen molar-refractivity contribution in [1.29, 1.82) is 0 Å². The van der Waals surface area contributed by atoms with Crippen LogP contribution in [0.15, 0.2) is 28.9 Å². The highest BCUT2D eigenvalue weighted by atomic mass is 35.5. The zero-order valence-corrected chi connectivity index (χ0v) is 15.1. The van der Waals surface area contributed by atoms with Crippen LogP contribution in [0.1, 0.15) is 36.1 Å². The van der Waals surface area contributed by atoms with E-state index in [1.165, 1.54) is 22.3 Å². The summed E-state index contributed by atoms with van der Waals surface area (Å²) in [5.41, 5.74) is 7.96. The van der Waals surface area contributed by atoms with Crippen molar-refractivity contribution in [3.8, 4) is 11.1 Å². The van der Waals surface area contributed by atoms with E-state index in [0.717, 1.165) is 22.9 Å². The third kappa shape index (κ3) is 3.00. The van der Waals surface area contributed by atoms with E-state index < -0.39 is 0 Å². The van der Waals surface area contributed by atoms with Crippen molar-refractivity contribution in [1.82, 2.24) is 4.98 Å². The first kappa shape index (κ1) is 16.1. The molecule has 2 heterocycles. The zero-order chi connectivity index (χ0) is 16.7. The Morgan fingerprint density at radius 2 is 1.70 bits per heavy atom. The lowest BCUT2D eigenvalue weighted by Crippen LogP contribution is -1.98. The number of furan rings is 1. The van der Waals surface area contributed by atoms with Crippen molar-refractivity contribution in [3.05, 3.63) is 51.9 Å². The summed E-state index contributed by atoms with van der Waals surface area (Å²) >= 11 is 6.22. The molecule has 2 nitrogen and oxygen atoms in total. The highest BCUT2D eigenvalue weighted by Gasteiger charge is 2.16. The number of hydrogen-bond acceptors (Lipinski definition) is 2. The number of aryl methyl sites for hydroxylation is 3. The van der Waals surface area contributed by atoms with Gasteiger partial charge < -0.3 is 4.42 Å². The summed E-state index contributed by atoms with van der Waals surface area (Å²) in [5.74, 6) is 0.651. The summed E-state index contributed by atoms with van der Waals surface area (Å²) in [5, 5.41) is 1.52. The van der Waals surface area contributed by atoms with Crippen LogP contribution in [0.4, 0.5) is 0 Å². The normalized spacial score (nSPS) is 11.6. The Morgan fingerprint density at radius 3 is 2.30 bits per heavy atom. The van der Waals surface area contributed by atoms with E-state index in [2.05, 4.69) is 44.8 Å². The minimum Gasteiger partial charge on any atom is -0.446 e. The van der Waals surface area contributed by atoms with Crippen LogP contribution in [0.5, 0.6) is 0 Å². The second-order valence-electron chi connectivity index (χ2n) is 6.79. The molecule has 0 amide bonds. The predicted octanol–water partition coefficient (Wildman–Crippen LogP) is 6.27. The number of benzene rings is 1. The third-order valence-corrected chi connectivity index (χ3v) is 4.40. The van der Waals surface area contributed by atoms with Gasteiger partial charge in [-0.2, -0.15) is 0 Å². The van der Waals surface area contributed by atoms with Gasteiger partial charge in [-0.05, 0) is 72.6 Å². The van der Waals surface area contributed by atoms with Gasteiger partial charge in [0.25, 0.3) is 0 Å². The fourth-order valence-electron chi connectivity index (χ4n) is 3.43. The molecule has 0 aliphatic carbocycles. The molecule has 0 unspecified atom stereocenters. The van der Waals surface area contributed by atoms with Crippen LogP contribution in [0.3, 0.4) is 0 Å². The Kier molecular flexibility index (Phi) is 4.20. The largest absolute Gasteiger partial charge is 0.446 e. The lowest BCUT2D eigenvalue weighted by atomic mass is 9.90. The number of halogens is 1. The smallest absolute Gasteiger partial charge is 0.228 e. The first-order valence-electron chi connectivity index (χ1n) is 8.01. The average Bonchev–Trinajstić information content (AvgIpc) is 2.78. The van der Waals surface area contributed by atoms with E-state index in [-0.39, 0.29) is 0 Å². The Labute approximate surface area is 142 Å². The third-order valence-electron chi connectivity index (χ3n) is 4.20. The van der Waals surface area contributed by atoms with Crippen molar-refractivity contribution in [3.63, 3.8) is 0 Å². The zero-order valence-electron chi connectivity index (χ0n) is 14.3. The lowest BCUT2D eigenvalue weighted by molar-refractivity contribution is 0.601. The number of nitrogens with zero attached hydrogens (tertiary/aromatic N) is 1. The fraction of sp³-hybridized carbons (Fsp3) is 0.350. The van der Waals surface area contributed by atoms with Crippen molar-refractivity contribution in [2.75, 3.05) is 0 Å². The molecule has 3 heteroatoms. The molecule has 120 valence electrons. The van der Waals surface area contributed by atoms with Crippen LogP contribution < -0.4 is 0 Å². The Bertz CT molecular complexity index is 854. The van der Waals surface area contributed by atoms with E-state index in [1.54, 1.807) is 6.26 Å². The number of fused-ring (bicyclic) bond motifs is 1. The molecule has 0 radical (unpaired) electrons. The van der Waals surface area contributed by atoms with Gasteiger partial charge in [-0.15, -0.1) is 0 Å². The molecule has 0 N–H and O–H groups in total. The van der Waals surface area contributed by atoms with Crippen LogP contribution in [0.2, 0.25) is 5.15 Å². The Hall–Kier alpha value is -1.80. The second-order valence-corrected chi connectivity index (χ2v) is 7.18. The maximum atomic E-state index is 6.22. The molecule has 23 heavy (non-hydrogen) atoms. The molecular formula is C20H22ClNO. The summed E-state index contributed by atoms with van der Waals surface area (Å²) < 4.78 is 5.55. The minimum atomic E-state index is 0.465. The summed E-state index contributed by atoms with van der Waals surface area (Å²) in [7, 11) is 0. The molecule has 0 saturated heterocycles. The van der Waals surface area contributed by atoms with Gasteiger partial charge in [0.15, 0.2) is 0 Å². The monoisotopic (exact) mass is 327 g/mol. The summed E-state index contributed by atoms with van der Waals surface area (Å²) in [6, 6.07) is 6.53. The molecule has 3 rings (SSSR count). The summed E-state index contributed by atoms with van der Waals surface area (Å²) in [6.07, 6.45) is 2.84. The summed E-state index contributed by atoms with van der Waals surface area (Å²) in [4.78, 5) is 4.30. The average molecular weight is 328 g/mol.